The molecule has 4 amide bonds. The van der Waals surface area contributed by atoms with Crippen molar-refractivity contribution in [3.63, 3.8) is 0 Å². The van der Waals surface area contributed by atoms with Gasteiger partial charge in [0, 0.05) is 30.9 Å². The number of amides is 4. The van der Waals surface area contributed by atoms with Crippen molar-refractivity contribution in [3.05, 3.63) is 95.9 Å². The summed E-state index contributed by atoms with van der Waals surface area (Å²) in [5.74, 6) is 1.55. The lowest BCUT2D eigenvalue weighted by molar-refractivity contribution is 0.253. The number of anilines is 3. The van der Waals surface area contributed by atoms with Crippen molar-refractivity contribution in [1.29, 1.82) is 0 Å². The van der Waals surface area contributed by atoms with Crippen LogP contribution in [-0.4, -0.2) is 38.9 Å². The van der Waals surface area contributed by atoms with E-state index in [0.717, 1.165) is 47.2 Å². The molecule has 0 fully saturated rings. The fraction of sp³-hybridized carbons (Fsp3) is 0.219. The maximum absolute atomic E-state index is 13.3. The molecule has 0 saturated carbocycles. The van der Waals surface area contributed by atoms with Crippen LogP contribution in [0.25, 0.3) is 16.6 Å². The largest absolute Gasteiger partial charge is 0.487 e. The van der Waals surface area contributed by atoms with E-state index in [0.29, 0.717) is 28.6 Å². The third-order valence-electron chi connectivity index (χ3n) is 6.73. The Morgan fingerprint density at radius 3 is 2.53 bits per heavy atom. The van der Waals surface area contributed by atoms with Crippen LogP contribution in [0.2, 0.25) is 0 Å². The van der Waals surface area contributed by atoms with Gasteiger partial charge in [-0.1, -0.05) is 31.0 Å². The van der Waals surface area contributed by atoms with E-state index in [2.05, 4.69) is 38.2 Å². The quantitative estimate of drug-likeness (QED) is 0.151. The summed E-state index contributed by atoms with van der Waals surface area (Å²) in [5.41, 5.74) is 4.93. The number of nitrogens with one attached hydrogen (secondary N) is 4. The van der Waals surface area contributed by atoms with E-state index in [1.165, 1.54) is 7.05 Å². The number of rotatable bonds is 10. The lowest BCUT2D eigenvalue weighted by Crippen LogP contribution is -2.25. The number of nitrogens with zero attached hydrogens (tertiary/aromatic N) is 4. The highest BCUT2D eigenvalue weighted by molar-refractivity contribution is 6.06. The van der Waals surface area contributed by atoms with Gasteiger partial charge in [-0.15, -0.1) is 0 Å². The van der Waals surface area contributed by atoms with Gasteiger partial charge in [-0.25, -0.2) is 19.3 Å². The number of fused-ring (bicyclic) bond motifs is 1. The summed E-state index contributed by atoms with van der Waals surface area (Å²) in [6.07, 6.45) is 6.17. The van der Waals surface area contributed by atoms with Gasteiger partial charge in [0.25, 0.3) is 0 Å². The number of benzene rings is 2. The van der Waals surface area contributed by atoms with Crippen LogP contribution in [0.3, 0.4) is 0 Å². The van der Waals surface area contributed by atoms with E-state index >= 15 is 0 Å². The summed E-state index contributed by atoms with van der Waals surface area (Å²) in [6.45, 7) is 4.40. The van der Waals surface area contributed by atoms with E-state index in [1.807, 2.05) is 43.3 Å². The smallest absolute Gasteiger partial charge is 0.324 e. The topological polar surface area (TPSA) is 135 Å². The molecule has 3 aromatic heterocycles. The third-order valence-corrected chi connectivity index (χ3v) is 6.73. The molecule has 4 N–H and O–H groups in total. The molecule has 11 heteroatoms. The number of unbranched alkanes of at least 4 members (excludes halogenated alkanes) is 1. The second-order valence-electron chi connectivity index (χ2n) is 10.0. The molecule has 0 spiro atoms. The number of aryl methyl sites for hydroxylation is 2. The zero-order valence-corrected chi connectivity index (χ0v) is 24.3. The second-order valence-corrected chi connectivity index (χ2v) is 10.0. The Bertz CT molecular complexity index is 1730. The molecule has 0 unspecified atom stereocenters. The Balaban J connectivity index is 1.33. The summed E-state index contributed by atoms with van der Waals surface area (Å²) in [4.78, 5) is 33.5. The maximum atomic E-state index is 13.3. The van der Waals surface area contributed by atoms with Gasteiger partial charge in [-0.3, -0.25) is 15.6 Å². The van der Waals surface area contributed by atoms with E-state index in [9.17, 15) is 9.59 Å². The lowest BCUT2D eigenvalue weighted by Gasteiger charge is -2.14. The molecule has 5 rings (SSSR count). The van der Waals surface area contributed by atoms with Gasteiger partial charge in [0.1, 0.15) is 29.5 Å². The van der Waals surface area contributed by atoms with Gasteiger partial charge in [0.15, 0.2) is 0 Å². The van der Waals surface area contributed by atoms with Crippen molar-refractivity contribution in [2.24, 2.45) is 0 Å². The van der Waals surface area contributed by atoms with Crippen molar-refractivity contribution in [2.75, 3.05) is 23.0 Å². The molecule has 43 heavy (non-hydrogen) atoms. The van der Waals surface area contributed by atoms with Gasteiger partial charge in [0.05, 0.1) is 17.1 Å². The van der Waals surface area contributed by atoms with Crippen LogP contribution in [-0.2, 0) is 13.0 Å². The van der Waals surface area contributed by atoms with E-state index in [4.69, 9.17) is 9.84 Å². The molecule has 0 saturated heterocycles. The van der Waals surface area contributed by atoms with Gasteiger partial charge in [0.2, 0.25) is 0 Å². The molecule has 0 atom stereocenters. The fourth-order valence-corrected chi connectivity index (χ4v) is 4.50. The van der Waals surface area contributed by atoms with E-state index in [-0.39, 0.29) is 12.6 Å². The first kappa shape index (κ1) is 29.1. The van der Waals surface area contributed by atoms with Crippen molar-refractivity contribution in [2.45, 2.75) is 39.7 Å². The average molecular weight is 579 g/mol. The van der Waals surface area contributed by atoms with Crippen LogP contribution in [0.5, 0.6) is 5.75 Å². The molecule has 5 aromatic rings. The fourth-order valence-electron chi connectivity index (χ4n) is 4.50. The molecule has 11 nitrogen and oxygen atoms in total. The highest BCUT2D eigenvalue weighted by atomic mass is 16.5. The molecular weight excluding hydrogens is 544 g/mol. The summed E-state index contributed by atoms with van der Waals surface area (Å²) in [5, 5.41) is 16.6. The molecule has 0 aliphatic heterocycles. The first-order valence-corrected chi connectivity index (χ1v) is 14.1. The number of urea groups is 2. The Morgan fingerprint density at radius 1 is 0.907 bits per heavy atom. The van der Waals surface area contributed by atoms with Gasteiger partial charge in [-0.05, 0) is 73.9 Å². The number of carbonyl (C=O) groups is 2. The first-order chi connectivity index (χ1) is 20.9. The Morgan fingerprint density at radius 2 is 1.74 bits per heavy atom. The SMILES string of the molecule is CCCCc1cc(NC(=O)Nc2ccc(OCc3ccnc(NC(=O)NC)c3)c3ncccc23)n(-c2ccc(C)cc2)n1. The summed E-state index contributed by atoms with van der Waals surface area (Å²) < 4.78 is 7.86. The maximum Gasteiger partial charge on any atom is 0.324 e. The normalized spacial score (nSPS) is 10.8. The molecule has 0 aliphatic carbocycles. The third kappa shape index (κ3) is 7.25. The minimum Gasteiger partial charge on any atom is -0.487 e. The summed E-state index contributed by atoms with van der Waals surface area (Å²) >= 11 is 0. The van der Waals surface area contributed by atoms with Crippen LogP contribution >= 0.6 is 0 Å². The molecule has 0 bridgehead atoms. The minimum absolute atomic E-state index is 0.229. The molecule has 0 aliphatic rings. The monoisotopic (exact) mass is 578 g/mol. The predicted octanol–water partition coefficient (Wildman–Crippen LogP) is 6.44. The van der Waals surface area contributed by atoms with Gasteiger partial charge in [-0.2, -0.15) is 5.10 Å². The molecular formula is C32H34N8O3. The van der Waals surface area contributed by atoms with Crippen LogP contribution in [0.1, 0.15) is 36.6 Å². The zero-order chi connectivity index (χ0) is 30.2. The number of carbonyl (C=O) groups excluding carboxylic acids is 2. The average Bonchev–Trinajstić information content (AvgIpc) is 3.42. The highest BCUT2D eigenvalue weighted by Gasteiger charge is 2.15. The standard InChI is InChI=1S/C32H34N8O3/c1-4-5-7-23-19-29(40(39-23)24-11-9-21(2)10-12-24)38-32(42)36-26-13-14-27(30-25(26)8-6-16-35-30)43-20-22-15-17-34-28(18-22)37-31(41)33-3/h6,8-19H,4-5,7,20H2,1-3H3,(H2,36,38,42)(H2,33,34,37,41). The second kappa shape index (κ2) is 13.5. The van der Waals surface area contributed by atoms with Gasteiger partial charge < -0.3 is 15.4 Å². The molecule has 3 heterocycles. The highest BCUT2D eigenvalue weighted by Crippen LogP contribution is 2.31. The van der Waals surface area contributed by atoms with Crippen LogP contribution in [0, 0.1) is 6.92 Å². The Kier molecular flexibility index (Phi) is 9.11. The zero-order valence-electron chi connectivity index (χ0n) is 24.3. The number of ether oxygens (including phenoxy) is 1. The van der Waals surface area contributed by atoms with Crippen molar-refractivity contribution in [1.82, 2.24) is 25.1 Å². The first-order valence-electron chi connectivity index (χ1n) is 14.1. The van der Waals surface area contributed by atoms with E-state index in [1.54, 1.807) is 47.4 Å². The molecule has 0 radical (unpaired) electrons. The van der Waals surface area contributed by atoms with Crippen LogP contribution in [0.15, 0.2) is 79.1 Å². The van der Waals surface area contributed by atoms with Crippen LogP contribution < -0.4 is 26.0 Å². The number of hydrogen-bond acceptors (Lipinski definition) is 6. The Hall–Kier alpha value is -5.45. The summed E-state index contributed by atoms with van der Waals surface area (Å²) in [6, 6.07) is 19.9. The van der Waals surface area contributed by atoms with Crippen LogP contribution in [0.4, 0.5) is 26.9 Å². The number of hydrogen-bond donors (Lipinski definition) is 4. The summed E-state index contributed by atoms with van der Waals surface area (Å²) in [7, 11) is 1.54. The minimum atomic E-state index is -0.401. The molecule has 2 aromatic carbocycles. The van der Waals surface area contributed by atoms with Crippen molar-refractivity contribution in [3.8, 4) is 11.4 Å². The predicted molar refractivity (Wildman–Crippen MR) is 168 cm³/mol. The van der Waals surface area contributed by atoms with Crippen molar-refractivity contribution >= 4 is 40.3 Å². The van der Waals surface area contributed by atoms with Gasteiger partial charge >= 0.3 is 12.1 Å². The Labute approximate surface area is 249 Å². The van der Waals surface area contributed by atoms with Crippen molar-refractivity contribution < 1.29 is 14.3 Å². The molecule has 220 valence electrons. The van der Waals surface area contributed by atoms with E-state index < -0.39 is 6.03 Å². The number of aromatic nitrogens is 4. The lowest BCUT2D eigenvalue weighted by atomic mass is 10.1. The number of pyridine rings is 2.